The third kappa shape index (κ3) is 3.93. The van der Waals surface area contributed by atoms with Gasteiger partial charge in [0.15, 0.2) is 0 Å². The van der Waals surface area contributed by atoms with Gasteiger partial charge < -0.3 is 15.4 Å². The molecule has 3 atom stereocenters. The molecule has 1 aliphatic heterocycles. The number of aryl methyl sites for hydroxylation is 1. The number of nitrogens with two attached hydrogens (primary N) is 1. The van der Waals surface area contributed by atoms with Crippen LogP contribution in [0.5, 0.6) is 11.5 Å². The minimum atomic E-state index is -0.0310. The number of nitrogens with zero attached hydrogens (tertiary/aromatic N) is 6. The predicted molar refractivity (Wildman–Crippen MR) is 154 cm³/mol. The lowest BCUT2D eigenvalue weighted by atomic mass is 10.0. The second-order valence-electron chi connectivity index (χ2n) is 10.6. The largest absolute Gasteiger partial charge is 0.457 e. The molecule has 2 bridgehead atoms. The topological polar surface area (TPSA) is 104 Å². The first-order chi connectivity index (χ1) is 19.5. The highest BCUT2D eigenvalue weighted by atomic mass is 16.5. The molecule has 3 unspecified atom stereocenters. The SMILES string of the molecule is C=CC(=O)N1CC2CC1C(n1nc(-c3ccc(Oc4ccccc4)cc3)c3c(N)ncc(-c4cnn(C)c4)c31)C2. The zero-order valence-corrected chi connectivity index (χ0v) is 22.1. The van der Waals surface area contributed by atoms with Gasteiger partial charge in [0, 0.05) is 42.7 Å². The molecule has 2 N–H and O–H groups in total. The summed E-state index contributed by atoms with van der Waals surface area (Å²) in [6.07, 6.45) is 8.90. The number of anilines is 1. The van der Waals surface area contributed by atoms with Crippen molar-refractivity contribution in [1.82, 2.24) is 29.4 Å². The van der Waals surface area contributed by atoms with Gasteiger partial charge in [-0.15, -0.1) is 0 Å². The molecule has 2 aliphatic rings. The second kappa shape index (κ2) is 9.37. The standard InChI is InChI=1S/C31H29N7O2/c1-3-27(39)37-17-19-13-25(37)26(14-19)38-30-24(21-15-34-36(2)18-21)16-33-31(32)28(30)29(35-38)20-9-11-23(12-10-20)40-22-7-5-4-6-8-22/h3-12,15-16,18-19,25-26H,1,13-14,17H2,2H3,(H2,32,33). The van der Waals surface area contributed by atoms with Crippen LogP contribution in [0.4, 0.5) is 5.82 Å². The molecule has 200 valence electrons. The Morgan fingerprint density at radius 1 is 1.02 bits per heavy atom. The van der Waals surface area contributed by atoms with Crippen LogP contribution in [0.2, 0.25) is 0 Å². The van der Waals surface area contributed by atoms with Gasteiger partial charge in [0.1, 0.15) is 23.0 Å². The zero-order valence-electron chi connectivity index (χ0n) is 22.1. The van der Waals surface area contributed by atoms with E-state index in [0.29, 0.717) is 11.7 Å². The third-order valence-electron chi connectivity index (χ3n) is 8.10. The van der Waals surface area contributed by atoms with Crippen molar-refractivity contribution in [1.29, 1.82) is 0 Å². The van der Waals surface area contributed by atoms with Gasteiger partial charge in [-0.1, -0.05) is 24.8 Å². The molecule has 0 radical (unpaired) electrons. The van der Waals surface area contributed by atoms with Crippen molar-refractivity contribution in [2.75, 3.05) is 12.3 Å². The van der Waals surface area contributed by atoms with Crippen molar-refractivity contribution in [3.8, 4) is 33.9 Å². The van der Waals surface area contributed by atoms with Crippen LogP contribution in [0.1, 0.15) is 18.9 Å². The number of likely N-dealkylation sites (tertiary alicyclic amines) is 1. The number of hydrogen-bond acceptors (Lipinski definition) is 6. The number of para-hydroxylation sites is 1. The fourth-order valence-corrected chi connectivity index (χ4v) is 6.34. The molecule has 7 rings (SSSR count). The Balaban J connectivity index is 1.37. The minimum absolute atomic E-state index is 0.0109. The first kappa shape index (κ1) is 24.1. The molecular formula is C31H29N7O2. The molecule has 1 saturated heterocycles. The van der Waals surface area contributed by atoms with Crippen LogP contribution in [0.3, 0.4) is 0 Å². The first-order valence-electron chi connectivity index (χ1n) is 13.4. The number of pyridine rings is 1. The van der Waals surface area contributed by atoms with Crippen molar-refractivity contribution in [2.24, 2.45) is 13.0 Å². The van der Waals surface area contributed by atoms with Crippen LogP contribution in [0.15, 0.2) is 85.8 Å². The summed E-state index contributed by atoms with van der Waals surface area (Å²) in [6, 6.07) is 17.6. The Morgan fingerprint density at radius 2 is 1.77 bits per heavy atom. The molecule has 2 aromatic carbocycles. The molecule has 0 spiro atoms. The molecule has 40 heavy (non-hydrogen) atoms. The molecule has 5 aromatic rings. The first-order valence-corrected chi connectivity index (χ1v) is 13.4. The van der Waals surface area contributed by atoms with E-state index in [4.69, 9.17) is 15.6 Å². The lowest BCUT2D eigenvalue weighted by molar-refractivity contribution is -0.128. The number of nitrogen functional groups attached to an aromatic ring is 1. The number of carbonyl (C=O) groups excluding carboxylic acids is 1. The van der Waals surface area contributed by atoms with Crippen molar-refractivity contribution >= 4 is 22.6 Å². The number of amides is 1. The summed E-state index contributed by atoms with van der Waals surface area (Å²) >= 11 is 0. The van der Waals surface area contributed by atoms with Crippen LogP contribution in [0, 0.1) is 5.92 Å². The number of hydrogen-bond donors (Lipinski definition) is 1. The monoisotopic (exact) mass is 531 g/mol. The molecule has 1 amide bonds. The quantitative estimate of drug-likeness (QED) is 0.301. The zero-order chi connectivity index (χ0) is 27.4. The third-order valence-corrected chi connectivity index (χ3v) is 8.10. The van der Waals surface area contributed by atoms with E-state index >= 15 is 0 Å². The van der Waals surface area contributed by atoms with Crippen LogP contribution in [-0.4, -0.2) is 47.9 Å². The maximum atomic E-state index is 12.7. The number of carbonyl (C=O) groups is 1. The second-order valence-corrected chi connectivity index (χ2v) is 10.6. The van der Waals surface area contributed by atoms with E-state index in [1.807, 2.05) is 78.9 Å². The molecule has 9 nitrogen and oxygen atoms in total. The molecule has 1 saturated carbocycles. The highest BCUT2D eigenvalue weighted by Gasteiger charge is 2.48. The molecular weight excluding hydrogens is 502 g/mol. The average molecular weight is 532 g/mol. The highest BCUT2D eigenvalue weighted by molar-refractivity contribution is 6.06. The maximum absolute atomic E-state index is 12.7. The summed E-state index contributed by atoms with van der Waals surface area (Å²) < 4.78 is 9.87. The maximum Gasteiger partial charge on any atom is 0.246 e. The Bertz CT molecular complexity index is 1740. The lowest BCUT2D eigenvalue weighted by Crippen LogP contribution is -2.42. The summed E-state index contributed by atoms with van der Waals surface area (Å²) in [4.78, 5) is 19.2. The van der Waals surface area contributed by atoms with Crippen LogP contribution in [-0.2, 0) is 11.8 Å². The van der Waals surface area contributed by atoms with Gasteiger partial charge in [-0.3, -0.25) is 14.2 Å². The van der Waals surface area contributed by atoms with Crippen molar-refractivity contribution < 1.29 is 9.53 Å². The Kier molecular flexibility index (Phi) is 5.66. The lowest BCUT2D eigenvalue weighted by Gasteiger charge is -2.33. The van der Waals surface area contributed by atoms with E-state index in [2.05, 4.69) is 21.3 Å². The summed E-state index contributed by atoms with van der Waals surface area (Å²) in [5.74, 6) is 2.31. The molecule has 4 heterocycles. The van der Waals surface area contributed by atoms with Gasteiger partial charge in [0.2, 0.25) is 5.91 Å². The van der Waals surface area contributed by atoms with Gasteiger partial charge >= 0.3 is 0 Å². The van der Waals surface area contributed by atoms with Gasteiger partial charge in [-0.05, 0) is 61.2 Å². The number of rotatable bonds is 6. The average Bonchev–Trinajstić information content (AvgIpc) is 3.77. The number of ether oxygens (including phenoxy) is 1. The van der Waals surface area contributed by atoms with Gasteiger partial charge in [0.05, 0.1) is 29.2 Å². The predicted octanol–water partition coefficient (Wildman–Crippen LogP) is 5.22. The van der Waals surface area contributed by atoms with E-state index in [9.17, 15) is 4.79 Å². The van der Waals surface area contributed by atoms with Gasteiger partial charge in [-0.25, -0.2) is 4.98 Å². The number of piperidine rings is 1. The van der Waals surface area contributed by atoms with Gasteiger partial charge in [0.25, 0.3) is 0 Å². The molecule has 2 fully saturated rings. The normalized spacial score (nSPS) is 19.8. The number of fused-ring (bicyclic) bond motifs is 3. The number of benzene rings is 2. The van der Waals surface area contributed by atoms with Crippen molar-refractivity contribution in [2.45, 2.75) is 24.9 Å². The Labute approximate surface area is 231 Å². The van der Waals surface area contributed by atoms with E-state index in [1.54, 1.807) is 10.9 Å². The summed E-state index contributed by atoms with van der Waals surface area (Å²) in [7, 11) is 1.89. The Hall–Kier alpha value is -4.92. The van der Waals surface area contributed by atoms with Gasteiger partial charge in [-0.2, -0.15) is 10.2 Å². The van der Waals surface area contributed by atoms with E-state index in [1.165, 1.54) is 6.08 Å². The van der Waals surface area contributed by atoms with Crippen LogP contribution < -0.4 is 10.5 Å². The molecule has 9 heteroatoms. The number of aromatic nitrogens is 5. The van der Waals surface area contributed by atoms with Crippen LogP contribution >= 0.6 is 0 Å². The van der Waals surface area contributed by atoms with E-state index in [-0.39, 0.29) is 18.0 Å². The minimum Gasteiger partial charge on any atom is -0.457 e. The smallest absolute Gasteiger partial charge is 0.246 e. The fourth-order valence-electron chi connectivity index (χ4n) is 6.34. The molecule has 3 aromatic heterocycles. The summed E-state index contributed by atoms with van der Waals surface area (Å²) in [6.45, 7) is 4.49. The van der Waals surface area contributed by atoms with Crippen molar-refractivity contribution in [3.63, 3.8) is 0 Å². The Morgan fingerprint density at radius 3 is 2.48 bits per heavy atom. The van der Waals surface area contributed by atoms with Crippen LogP contribution in [0.25, 0.3) is 33.3 Å². The molecule has 1 aliphatic carbocycles. The van der Waals surface area contributed by atoms with E-state index in [0.717, 1.165) is 64.2 Å². The van der Waals surface area contributed by atoms with Crippen molar-refractivity contribution in [3.05, 3.63) is 85.8 Å². The fraction of sp³-hybridized carbons (Fsp3) is 0.226. The summed E-state index contributed by atoms with van der Waals surface area (Å²) in [5, 5.41) is 10.4. The summed E-state index contributed by atoms with van der Waals surface area (Å²) in [5.41, 5.74) is 11.0. The highest BCUT2D eigenvalue weighted by Crippen LogP contribution is 2.48. The van der Waals surface area contributed by atoms with E-state index < -0.39 is 0 Å².